The zero-order chi connectivity index (χ0) is 13.0. The molecule has 0 radical (unpaired) electrons. The molecule has 92 valence electrons. The lowest BCUT2D eigenvalue weighted by molar-refractivity contribution is -0.385. The van der Waals surface area contributed by atoms with E-state index in [9.17, 15) is 14.9 Å². The number of primary amides is 1. The predicted molar refractivity (Wildman–Crippen MR) is 59.3 cm³/mol. The molecule has 1 aromatic heterocycles. The van der Waals surface area contributed by atoms with Crippen molar-refractivity contribution in [3.63, 3.8) is 0 Å². The molecule has 0 fully saturated rings. The molecule has 17 heavy (non-hydrogen) atoms. The third-order valence-corrected chi connectivity index (χ3v) is 2.08. The van der Waals surface area contributed by atoms with Gasteiger partial charge < -0.3 is 16.2 Å². The van der Waals surface area contributed by atoms with Gasteiger partial charge in [0.2, 0.25) is 5.91 Å². The van der Waals surface area contributed by atoms with Crippen molar-refractivity contribution in [3.8, 4) is 0 Å². The first-order chi connectivity index (χ1) is 7.91. The molecule has 0 spiro atoms. The smallest absolute Gasteiger partial charge is 0.277 e. The average Bonchev–Trinajstić information content (AvgIpc) is 2.26. The fourth-order valence-electron chi connectivity index (χ4n) is 1.11. The van der Waals surface area contributed by atoms with Crippen molar-refractivity contribution in [3.05, 3.63) is 27.9 Å². The fourth-order valence-corrected chi connectivity index (χ4v) is 1.11. The summed E-state index contributed by atoms with van der Waals surface area (Å²) in [5.74, 6) is -0.679. The van der Waals surface area contributed by atoms with Crippen LogP contribution >= 0.6 is 0 Å². The Labute approximate surface area is 96.6 Å². The van der Waals surface area contributed by atoms with Gasteiger partial charge >= 0.3 is 0 Å². The van der Waals surface area contributed by atoms with E-state index in [1.807, 2.05) is 0 Å². The molecule has 0 aliphatic heterocycles. The summed E-state index contributed by atoms with van der Waals surface area (Å²) in [6.45, 7) is 1.41. The van der Waals surface area contributed by atoms with Crippen molar-refractivity contribution in [2.45, 2.75) is 13.0 Å². The van der Waals surface area contributed by atoms with Gasteiger partial charge in [0.1, 0.15) is 11.9 Å². The van der Waals surface area contributed by atoms with Crippen LogP contribution in [0.1, 0.15) is 5.56 Å². The van der Waals surface area contributed by atoms with E-state index in [1.54, 1.807) is 6.92 Å². The molecule has 1 unspecified atom stereocenters. The van der Waals surface area contributed by atoms with Gasteiger partial charge in [0.25, 0.3) is 5.69 Å². The Bertz CT molecular complexity index is 449. The Morgan fingerprint density at radius 3 is 2.94 bits per heavy atom. The van der Waals surface area contributed by atoms with Gasteiger partial charge in [0.15, 0.2) is 0 Å². The lowest BCUT2D eigenvalue weighted by Crippen LogP contribution is -2.34. The molecule has 0 aliphatic rings. The molecule has 1 amide bonds. The Morgan fingerprint density at radius 1 is 1.76 bits per heavy atom. The maximum Gasteiger partial charge on any atom is 0.277 e. The Hall–Kier alpha value is -2.22. The molecule has 1 rings (SSSR count). The number of aromatic nitrogens is 1. The first kappa shape index (κ1) is 12.8. The van der Waals surface area contributed by atoms with Crippen LogP contribution < -0.4 is 11.1 Å². The Morgan fingerprint density at radius 2 is 2.41 bits per heavy atom. The highest BCUT2D eigenvalue weighted by atomic mass is 16.6. The van der Waals surface area contributed by atoms with Gasteiger partial charge in [-0.1, -0.05) is 0 Å². The molecule has 0 bridgehead atoms. The molecular formula is C9H12N4O4. The number of anilines is 1. The Balaban J connectivity index is 2.76. The number of aryl methyl sites for hydroxylation is 1. The quantitative estimate of drug-likeness (QED) is 0.472. The number of hydrogen-bond acceptors (Lipinski definition) is 6. The summed E-state index contributed by atoms with van der Waals surface area (Å²) >= 11 is 0. The van der Waals surface area contributed by atoms with Gasteiger partial charge in [-0.15, -0.1) is 0 Å². The zero-order valence-corrected chi connectivity index (χ0v) is 9.08. The summed E-state index contributed by atoms with van der Waals surface area (Å²) in [5, 5.41) is 22.4. The number of nitrogens with two attached hydrogens (primary N) is 1. The van der Waals surface area contributed by atoms with E-state index in [-0.39, 0.29) is 18.1 Å². The van der Waals surface area contributed by atoms with Gasteiger partial charge in [-0.2, -0.15) is 0 Å². The number of pyridine rings is 1. The maximum absolute atomic E-state index is 10.6. The number of nitro groups is 1. The summed E-state index contributed by atoms with van der Waals surface area (Å²) in [4.78, 5) is 24.5. The molecule has 1 aromatic rings. The minimum Gasteiger partial charge on any atom is -0.381 e. The van der Waals surface area contributed by atoms with E-state index in [0.29, 0.717) is 5.56 Å². The second-order valence-electron chi connectivity index (χ2n) is 3.41. The molecule has 8 heteroatoms. The predicted octanol–water partition coefficient (Wildman–Crippen LogP) is -0.444. The fraction of sp³-hybridized carbons (Fsp3) is 0.333. The maximum atomic E-state index is 10.6. The topological polar surface area (TPSA) is 131 Å². The van der Waals surface area contributed by atoms with E-state index in [0.717, 1.165) is 0 Å². The van der Waals surface area contributed by atoms with Crippen LogP contribution in [0, 0.1) is 17.0 Å². The second-order valence-corrected chi connectivity index (χ2v) is 3.41. The van der Waals surface area contributed by atoms with Gasteiger partial charge in [0.05, 0.1) is 17.5 Å². The lowest BCUT2D eigenvalue weighted by Gasteiger charge is -2.08. The molecule has 0 saturated heterocycles. The molecule has 0 saturated carbocycles. The summed E-state index contributed by atoms with van der Waals surface area (Å²) in [6, 6.07) is 1.23. The van der Waals surface area contributed by atoms with Crippen LogP contribution in [-0.4, -0.2) is 33.6 Å². The highest BCUT2D eigenvalue weighted by Crippen LogP contribution is 2.19. The SMILES string of the molecule is Cc1cnc(NCC(O)C(N)=O)cc1[N+](=O)[O-]. The third-order valence-electron chi connectivity index (χ3n) is 2.08. The number of amides is 1. The molecule has 0 aliphatic carbocycles. The molecule has 4 N–H and O–H groups in total. The number of rotatable bonds is 5. The highest BCUT2D eigenvalue weighted by molar-refractivity contribution is 5.79. The summed E-state index contributed by atoms with van der Waals surface area (Å²) in [7, 11) is 0. The van der Waals surface area contributed by atoms with E-state index < -0.39 is 16.9 Å². The van der Waals surface area contributed by atoms with Gasteiger partial charge in [-0.25, -0.2) is 4.98 Å². The van der Waals surface area contributed by atoms with Crippen molar-refractivity contribution in [2.75, 3.05) is 11.9 Å². The molecule has 1 atom stereocenters. The monoisotopic (exact) mass is 240 g/mol. The first-order valence-electron chi connectivity index (χ1n) is 4.74. The number of carbonyl (C=O) groups excluding carboxylic acids is 1. The largest absolute Gasteiger partial charge is 0.381 e. The van der Waals surface area contributed by atoms with E-state index in [4.69, 9.17) is 10.8 Å². The molecule has 1 heterocycles. The minimum atomic E-state index is -1.36. The zero-order valence-electron chi connectivity index (χ0n) is 9.08. The van der Waals surface area contributed by atoms with Crippen LogP contribution in [0.15, 0.2) is 12.3 Å². The molecule has 0 aromatic carbocycles. The van der Waals surface area contributed by atoms with Crippen LogP contribution in [-0.2, 0) is 4.79 Å². The number of nitrogens with one attached hydrogen (secondary N) is 1. The first-order valence-corrected chi connectivity index (χ1v) is 4.74. The average molecular weight is 240 g/mol. The van der Waals surface area contributed by atoms with E-state index in [1.165, 1.54) is 12.3 Å². The van der Waals surface area contributed by atoms with Crippen LogP contribution in [0.5, 0.6) is 0 Å². The van der Waals surface area contributed by atoms with Crippen LogP contribution in [0.4, 0.5) is 11.5 Å². The summed E-state index contributed by atoms with van der Waals surface area (Å²) < 4.78 is 0. The van der Waals surface area contributed by atoms with Crippen molar-refractivity contribution in [1.82, 2.24) is 4.98 Å². The number of carbonyl (C=O) groups is 1. The van der Waals surface area contributed by atoms with Gasteiger partial charge in [-0.05, 0) is 6.92 Å². The Kier molecular flexibility index (Phi) is 3.94. The van der Waals surface area contributed by atoms with Crippen molar-refractivity contribution < 1.29 is 14.8 Å². The minimum absolute atomic E-state index is 0.0870. The number of hydrogen-bond donors (Lipinski definition) is 3. The van der Waals surface area contributed by atoms with Gasteiger partial charge in [0, 0.05) is 11.8 Å². The normalized spacial score (nSPS) is 11.9. The van der Waals surface area contributed by atoms with Crippen LogP contribution in [0.2, 0.25) is 0 Å². The molecule has 8 nitrogen and oxygen atoms in total. The van der Waals surface area contributed by atoms with Crippen LogP contribution in [0.25, 0.3) is 0 Å². The van der Waals surface area contributed by atoms with Crippen molar-refractivity contribution in [1.29, 1.82) is 0 Å². The third kappa shape index (κ3) is 3.38. The lowest BCUT2D eigenvalue weighted by atomic mass is 10.2. The number of aliphatic hydroxyl groups excluding tert-OH is 1. The number of aliphatic hydroxyl groups is 1. The second kappa shape index (κ2) is 5.21. The van der Waals surface area contributed by atoms with Crippen LogP contribution in [0.3, 0.4) is 0 Å². The molecular weight excluding hydrogens is 228 g/mol. The van der Waals surface area contributed by atoms with E-state index >= 15 is 0 Å². The summed E-state index contributed by atoms with van der Waals surface area (Å²) in [5.41, 5.74) is 5.18. The van der Waals surface area contributed by atoms with Gasteiger partial charge in [-0.3, -0.25) is 14.9 Å². The van der Waals surface area contributed by atoms with E-state index in [2.05, 4.69) is 10.3 Å². The highest BCUT2D eigenvalue weighted by Gasteiger charge is 2.14. The van der Waals surface area contributed by atoms with Crippen molar-refractivity contribution in [2.24, 2.45) is 5.73 Å². The summed E-state index contributed by atoms with van der Waals surface area (Å²) in [6.07, 6.45) is -0.0333. The van der Waals surface area contributed by atoms with Crippen molar-refractivity contribution >= 4 is 17.4 Å². The standard InChI is InChI=1S/C9H12N4O4/c1-5-3-11-8(2-6(5)13(16)17)12-4-7(14)9(10)15/h2-3,7,14H,4H2,1H3,(H2,10,15)(H,11,12). The number of nitrogens with zero attached hydrogens (tertiary/aromatic N) is 2.